The summed E-state index contributed by atoms with van der Waals surface area (Å²) in [5, 5.41) is 9.52. The molecule has 3 aromatic rings. The van der Waals surface area contributed by atoms with Gasteiger partial charge in [0, 0.05) is 6.42 Å². The molecule has 2 aliphatic carbocycles. The third-order valence-corrected chi connectivity index (χ3v) is 10.9. The molecule has 3 aliphatic rings. The number of ketones is 1. The molecule has 4 atom stereocenters. The monoisotopic (exact) mass is 702 g/mol. The number of hydrogen-bond donors (Lipinski definition) is 1. The molecule has 0 fully saturated rings. The Morgan fingerprint density at radius 2 is 1.57 bits per heavy atom. The fourth-order valence-corrected chi connectivity index (χ4v) is 6.19. The number of halogens is 1. The maximum Gasteiger partial charge on any atom is 0.312 e. The van der Waals surface area contributed by atoms with Crippen LogP contribution < -0.4 is 4.74 Å². The van der Waals surface area contributed by atoms with Gasteiger partial charge >= 0.3 is 11.9 Å². The Hall–Kier alpha value is -4.20. The van der Waals surface area contributed by atoms with Crippen molar-refractivity contribution in [2.75, 3.05) is 0 Å². The van der Waals surface area contributed by atoms with Crippen LogP contribution in [0, 0.1) is 22.6 Å². The molecule has 3 aromatic carbocycles. The fourth-order valence-electron chi connectivity index (χ4n) is 6.19. The summed E-state index contributed by atoms with van der Waals surface area (Å²) >= 11 is 0. The van der Waals surface area contributed by atoms with E-state index in [0.29, 0.717) is 12.0 Å². The Balaban J connectivity index is 0.000000175. The summed E-state index contributed by atoms with van der Waals surface area (Å²) in [6.07, 6.45) is 5.38. The number of carbonyl (C=O) groups is 3. The number of carbonyl (C=O) groups excluding carboxylic acids is 3. The average molecular weight is 703 g/mol. The van der Waals surface area contributed by atoms with Gasteiger partial charge in [-0.05, 0) is 139 Å². The quantitative estimate of drug-likeness (QED) is 0.256. The van der Waals surface area contributed by atoms with Crippen molar-refractivity contribution in [3.05, 3.63) is 94.3 Å². The van der Waals surface area contributed by atoms with Gasteiger partial charge < -0.3 is 19.3 Å². The van der Waals surface area contributed by atoms with Crippen molar-refractivity contribution in [1.29, 1.82) is 0 Å². The summed E-state index contributed by atoms with van der Waals surface area (Å²) in [7, 11) is 0. The van der Waals surface area contributed by atoms with Crippen molar-refractivity contribution in [3.63, 3.8) is 0 Å². The largest absolute Gasteiger partial charge is 0.508 e. The first-order valence-corrected chi connectivity index (χ1v) is 18.2. The molecule has 1 aliphatic heterocycles. The van der Waals surface area contributed by atoms with E-state index in [1.807, 2.05) is 92.6 Å². The van der Waals surface area contributed by atoms with Crippen LogP contribution in [0.3, 0.4) is 0 Å². The van der Waals surface area contributed by atoms with E-state index >= 15 is 0 Å². The molecule has 8 heteroatoms. The van der Waals surface area contributed by atoms with E-state index in [-0.39, 0.29) is 47.4 Å². The van der Waals surface area contributed by atoms with Crippen LogP contribution in [0.25, 0.3) is 0 Å². The van der Waals surface area contributed by atoms with Crippen molar-refractivity contribution in [2.45, 2.75) is 125 Å². The second kappa shape index (κ2) is 16.0. The molecule has 276 valence electrons. The molecule has 51 heavy (non-hydrogen) atoms. The lowest BCUT2D eigenvalue weighted by Crippen LogP contribution is -2.34. The first-order chi connectivity index (χ1) is 23.9. The van der Waals surface area contributed by atoms with Gasteiger partial charge in [-0.2, -0.15) is 0 Å². The number of Topliss-reactive ketones (excluding diaryl/α,β-unsaturated/α-hetero) is 1. The zero-order chi connectivity index (χ0) is 37.7. The lowest BCUT2D eigenvalue weighted by molar-refractivity contribution is -0.170. The molecule has 0 saturated heterocycles. The molecule has 0 saturated carbocycles. The molecular formula is C43H55FO7. The Kier molecular flexibility index (Phi) is 12.4. The molecule has 1 N–H and O–H groups in total. The highest BCUT2D eigenvalue weighted by Crippen LogP contribution is 2.42. The van der Waals surface area contributed by atoms with Crippen molar-refractivity contribution >= 4 is 17.7 Å². The van der Waals surface area contributed by atoms with E-state index in [4.69, 9.17) is 14.2 Å². The number of phenolic OH excluding ortho intramolecular Hbond substituents is 1. The first-order valence-electron chi connectivity index (χ1n) is 18.2. The topological polar surface area (TPSA) is 99.1 Å². The van der Waals surface area contributed by atoms with Crippen molar-refractivity contribution in [1.82, 2.24) is 0 Å². The number of benzene rings is 3. The minimum atomic E-state index is -0.618. The van der Waals surface area contributed by atoms with Crippen LogP contribution in [-0.4, -0.2) is 35.0 Å². The van der Waals surface area contributed by atoms with Crippen LogP contribution in [0.2, 0.25) is 0 Å². The zero-order valence-electron chi connectivity index (χ0n) is 31.7. The number of aromatic hydroxyl groups is 1. The van der Waals surface area contributed by atoms with Crippen molar-refractivity contribution in [2.24, 2.45) is 16.7 Å². The van der Waals surface area contributed by atoms with E-state index in [9.17, 15) is 23.9 Å². The van der Waals surface area contributed by atoms with Crippen LogP contribution in [0.1, 0.15) is 121 Å². The number of fused-ring (bicyclic) bond motifs is 3. The summed E-state index contributed by atoms with van der Waals surface area (Å²) < 4.78 is 30.2. The Morgan fingerprint density at radius 3 is 2.25 bits per heavy atom. The van der Waals surface area contributed by atoms with Gasteiger partial charge in [0.15, 0.2) is 5.78 Å². The number of para-hydroxylation sites is 1. The lowest BCUT2D eigenvalue weighted by Gasteiger charge is -2.31. The summed E-state index contributed by atoms with van der Waals surface area (Å²) in [5.41, 5.74) is 3.43. The summed E-state index contributed by atoms with van der Waals surface area (Å²) in [4.78, 5) is 36.1. The first kappa shape index (κ1) is 39.6. The van der Waals surface area contributed by atoms with Gasteiger partial charge in [0.2, 0.25) is 0 Å². The molecule has 6 rings (SSSR count). The van der Waals surface area contributed by atoms with E-state index < -0.39 is 16.4 Å². The number of phenols is 1. The van der Waals surface area contributed by atoms with Gasteiger partial charge in [-0.25, -0.2) is 4.39 Å². The van der Waals surface area contributed by atoms with Crippen molar-refractivity contribution in [3.8, 4) is 11.5 Å². The zero-order valence-corrected chi connectivity index (χ0v) is 31.7. The molecule has 4 unspecified atom stereocenters. The minimum Gasteiger partial charge on any atom is -0.508 e. The van der Waals surface area contributed by atoms with Gasteiger partial charge in [0.25, 0.3) is 0 Å². The number of esters is 2. The lowest BCUT2D eigenvalue weighted by atomic mass is 9.88. The van der Waals surface area contributed by atoms with Crippen LogP contribution >= 0.6 is 0 Å². The van der Waals surface area contributed by atoms with Gasteiger partial charge in [0.1, 0.15) is 35.1 Å². The highest BCUT2D eigenvalue weighted by Gasteiger charge is 2.41. The maximum absolute atomic E-state index is 13.2. The average Bonchev–Trinajstić information content (AvgIpc) is 3.42. The number of ether oxygens (including phenoxy) is 3. The van der Waals surface area contributed by atoms with E-state index in [0.717, 1.165) is 61.0 Å². The summed E-state index contributed by atoms with van der Waals surface area (Å²) in [5.74, 6) is 0.614. The second-order valence-electron chi connectivity index (χ2n) is 15.6. The second-order valence-corrected chi connectivity index (χ2v) is 15.6. The number of rotatable bonds is 6. The van der Waals surface area contributed by atoms with Crippen LogP contribution in [-0.2, 0) is 43.9 Å². The van der Waals surface area contributed by atoms with Gasteiger partial charge in [-0.1, -0.05) is 45.0 Å². The number of aryl methyl sites for hydroxylation is 2. The summed E-state index contributed by atoms with van der Waals surface area (Å²) in [6, 6.07) is 17.6. The third kappa shape index (κ3) is 9.38. The fraction of sp³-hybridized carbons (Fsp3) is 0.512. The molecule has 0 radical (unpaired) electrons. The van der Waals surface area contributed by atoms with Crippen LogP contribution in [0.15, 0.2) is 60.7 Å². The van der Waals surface area contributed by atoms with Gasteiger partial charge in [0.05, 0.1) is 22.3 Å². The van der Waals surface area contributed by atoms with E-state index in [2.05, 4.69) is 0 Å². The third-order valence-electron chi connectivity index (χ3n) is 10.9. The van der Waals surface area contributed by atoms with E-state index in [1.54, 1.807) is 24.3 Å². The minimum absolute atomic E-state index is 0.0117. The van der Waals surface area contributed by atoms with Gasteiger partial charge in [-0.3, -0.25) is 14.4 Å². The highest BCUT2D eigenvalue weighted by molar-refractivity contribution is 6.01. The Labute approximate surface area is 302 Å². The smallest absolute Gasteiger partial charge is 0.312 e. The predicted molar refractivity (Wildman–Crippen MR) is 196 cm³/mol. The Bertz CT molecular complexity index is 1730. The standard InChI is InChI=1S/C16H21FO2.C16H22O3.C11H12O2/c1-5-15(2,3)14(18)19-16(4)9-8-11-10-12(17)6-7-13(11)16;1-4-16(2,3)15(18)19-14-8-6-11-5-7-13(17)9-12(11)10-14;1-7-8(2)13-10-6-4-3-5-9(10)11(7)12/h6-7,10H,5,8-9H2,1-4H3;5,7,9,14,17H,4,6,8,10H2,1-3H3;3-8H,1-2H3. The molecule has 0 spiro atoms. The number of hydrogen-bond acceptors (Lipinski definition) is 7. The molecule has 0 amide bonds. The molecule has 0 bridgehead atoms. The predicted octanol–water partition coefficient (Wildman–Crippen LogP) is 9.48. The highest BCUT2D eigenvalue weighted by atomic mass is 19.1. The van der Waals surface area contributed by atoms with Gasteiger partial charge in [-0.15, -0.1) is 0 Å². The van der Waals surface area contributed by atoms with Crippen molar-refractivity contribution < 1.29 is 38.1 Å². The Morgan fingerprint density at radius 1 is 0.902 bits per heavy atom. The SMILES string of the molecule is CC1Oc2ccccc2C(=O)C1C.CCC(C)(C)C(=O)OC1(C)CCc2cc(F)ccc21.CCC(C)(C)C(=O)OC1CCc2ccc(O)cc2C1. The maximum atomic E-state index is 13.2. The van der Waals surface area contributed by atoms with Crippen LogP contribution in [0.4, 0.5) is 4.39 Å². The summed E-state index contributed by atoms with van der Waals surface area (Å²) in [6.45, 7) is 17.3. The molecule has 7 nitrogen and oxygen atoms in total. The molecule has 1 heterocycles. The molecule has 0 aromatic heterocycles. The van der Waals surface area contributed by atoms with E-state index in [1.165, 1.54) is 11.6 Å². The normalized spacial score (nSPS) is 22.0. The molecular weight excluding hydrogens is 647 g/mol. The van der Waals surface area contributed by atoms with Crippen LogP contribution in [0.5, 0.6) is 11.5 Å².